The van der Waals surface area contributed by atoms with Gasteiger partial charge in [-0.3, -0.25) is 9.59 Å². The minimum atomic E-state index is -0.148. The highest BCUT2D eigenvalue weighted by Crippen LogP contribution is 2.19. The number of likely N-dealkylation sites (tertiary alicyclic amines) is 1. The molecule has 1 aliphatic heterocycles. The van der Waals surface area contributed by atoms with Crippen LogP contribution in [0.2, 0.25) is 0 Å². The van der Waals surface area contributed by atoms with Crippen molar-refractivity contribution in [1.82, 2.24) is 4.90 Å². The SMILES string of the molecule is COCC(=O)N1CCCC(C(=O)Nc2ccccc2)C1. The van der Waals surface area contributed by atoms with E-state index in [0.29, 0.717) is 13.1 Å². The lowest BCUT2D eigenvalue weighted by molar-refractivity contribution is -0.138. The fourth-order valence-corrected chi connectivity index (χ4v) is 2.40. The Morgan fingerprint density at radius 3 is 2.80 bits per heavy atom. The number of benzene rings is 1. The lowest BCUT2D eigenvalue weighted by Crippen LogP contribution is -2.45. The number of piperidine rings is 1. The zero-order valence-electron chi connectivity index (χ0n) is 11.7. The Hall–Kier alpha value is -1.88. The molecule has 0 bridgehead atoms. The first-order valence-corrected chi connectivity index (χ1v) is 6.83. The zero-order valence-corrected chi connectivity index (χ0v) is 11.7. The molecule has 1 heterocycles. The lowest BCUT2D eigenvalue weighted by Gasteiger charge is -2.31. The lowest BCUT2D eigenvalue weighted by atomic mass is 9.97. The van der Waals surface area contributed by atoms with Crippen molar-refractivity contribution in [2.24, 2.45) is 5.92 Å². The van der Waals surface area contributed by atoms with E-state index in [1.54, 1.807) is 4.90 Å². The molecule has 1 aliphatic rings. The third-order valence-corrected chi connectivity index (χ3v) is 3.45. The quantitative estimate of drug-likeness (QED) is 0.907. The highest BCUT2D eigenvalue weighted by atomic mass is 16.5. The van der Waals surface area contributed by atoms with Crippen molar-refractivity contribution in [3.63, 3.8) is 0 Å². The summed E-state index contributed by atoms with van der Waals surface area (Å²) in [6, 6.07) is 9.38. The van der Waals surface area contributed by atoms with Gasteiger partial charge in [0.05, 0.1) is 5.92 Å². The van der Waals surface area contributed by atoms with Crippen LogP contribution in [-0.2, 0) is 14.3 Å². The van der Waals surface area contributed by atoms with Gasteiger partial charge in [0.1, 0.15) is 6.61 Å². The van der Waals surface area contributed by atoms with E-state index >= 15 is 0 Å². The Morgan fingerprint density at radius 2 is 2.10 bits per heavy atom. The van der Waals surface area contributed by atoms with Gasteiger partial charge in [0, 0.05) is 25.9 Å². The molecule has 1 N–H and O–H groups in total. The minimum absolute atomic E-state index is 0.0221. The monoisotopic (exact) mass is 276 g/mol. The van der Waals surface area contributed by atoms with E-state index < -0.39 is 0 Å². The van der Waals surface area contributed by atoms with Gasteiger partial charge in [-0.25, -0.2) is 0 Å². The molecule has 0 saturated carbocycles. The average Bonchev–Trinajstić information content (AvgIpc) is 2.48. The molecule has 1 unspecified atom stereocenters. The molecule has 20 heavy (non-hydrogen) atoms. The van der Waals surface area contributed by atoms with Crippen LogP contribution in [0.25, 0.3) is 0 Å². The number of rotatable bonds is 4. The summed E-state index contributed by atoms with van der Waals surface area (Å²) in [4.78, 5) is 25.7. The maximum Gasteiger partial charge on any atom is 0.248 e. The number of ether oxygens (including phenoxy) is 1. The zero-order chi connectivity index (χ0) is 14.4. The van der Waals surface area contributed by atoms with Crippen LogP contribution >= 0.6 is 0 Å². The standard InChI is InChI=1S/C15H20N2O3/c1-20-11-14(18)17-9-5-6-12(10-17)15(19)16-13-7-3-2-4-8-13/h2-4,7-8,12H,5-6,9-11H2,1H3,(H,16,19). The van der Waals surface area contributed by atoms with Crippen LogP contribution in [0.5, 0.6) is 0 Å². The molecule has 1 fully saturated rings. The molecule has 2 rings (SSSR count). The van der Waals surface area contributed by atoms with Gasteiger partial charge in [0.2, 0.25) is 11.8 Å². The van der Waals surface area contributed by atoms with E-state index in [9.17, 15) is 9.59 Å². The summed E-state index contributed by atoms with van der Waals surface area (Å²) in [5.41, 5.74) is 0.790. The number of nitrogens with one attached hydrogen (secondary N) is 1. The van der Waals surface area contributed by atoms with Gasteiger partial charge in [0.25, 0.3) is 0 Å². The predicted molar refractivity (Wildman–Crippen MR) is 76.3 cm³/mol. The Labute approximate surface area is 118 Å². The average molecular weight is 276 g/mol. The molecule has 108 valence electrons. The molecular weight excluding hydrogens is 256 g/mol. The highest BCUT2D eigenvalue weighted by Gasteiger charge is 2.28. The highest BCUT2D eigenvalue weighted by molar-refractivity contribution is 5.93. The summed E-state index contributed by atoms with van der Waals surface area (Å²) in [5, 5.41) is 2.89. The molecule has 1 aromatic rings. The number of anilines is 1. The molecule has 0 radical (unpaired) electrons. The van der Waals surface area contributed by atoms with Crippen LogP contribution in [0.15, 0.2) is 30.3 Å². The van der Waals surface area contributed by atoms with Gasteiger partial charge in [-0.2, -0.15) is 0 Å². The third kappa shape index (κ3) is 3.81. The maximum atomic E-state index is 12.2. The van der Waals surface area contributed by atoms with E-state index in [-0.39, 0.29) is 24.3 Å². The summed E-state index contributed by atoms with van der Waals surface area (Å²) < 4.78 is 4.86. The molecular formula is C15H20N2O3. The minimum Gasteiger partial charge on any atom is -0.375 e. The summed E-state index contributed by atoms with van der Waals surface area (Å²) in [6.07, 6.45) is 1.66. The molecule has 1 atom stereocenters. The second-order valence-electron chi connectivity index (χ2n) is 4.97. The third-order valence-electron chi connectivity index (χ3n) is 3.45. The number of carbonyl (C=O) groups is 2. The summed E-state index contributed by atoms with van der Waals surface area (Å²) >= 11 is 0. The number of hydrogen-bond donors (Lipinski definition) is 1. The van der Waals surface area contributed by atoms with Gasteiger partial charge in [-0.15, -0.1) is 0 Å². The van der Waals surface area contributed by atoms with Crippen molar-refractivity contribution in [2.45, 2.75) is 12.8 Å². The molecule has 1 aromatic carbocycles. The summed E-state index contributed by atoms with van der Waals surface area (Å²) in [7, 11) is 1.50. The Kier molecular flexibility index (Phi) is 5.12. The second-order valence-corrected chi connectivity index (χ2v) is 4.97. The Morgan fingerprint density at radius 1 is 1.35 bits per heavy atom. The van der Waals surface area contributed by atoms with Crippen molar-refractivity contribution in [1.29, 1.82) is 0 Å². The van der Waals surface area contributed by atoms with Crippen LogP contribution in [0.4, 0.5) is 5.69 Å². The molecule has 2 amide bonds. The van der Waals surface area contributed by atoms with Crippen LogP contribution in [0, 0.1) is 5.92 Å². The van der Waals surface area contributed by atoms with E-state index in [2.05, 4.69) is 5.32 Å². The number of nitrogens with zero attached hydrogens (tertiary/aromatic N) is 1. The van der Waals surface area contributed by atoms with Crippen LogP contribution in [-0.4, -0.2) is 43.5 Å². The number of methoxy groups -OCH3 is 1. The maximum absolute atomic E-state index is 12.2. The van der Waals surface area contributed by atoms with Crippen molar-refractivity contribution in [2.75, 3.05) is 32.1 Å². The number of amides is 2. The van der Waals surface area contributed by atoms with Gasteiger partial charge >= 0.3 is 0 Å². The first-order chi connectivity index (χ1) is 9.70. The molecule has 0 aliphatic carbocycles. The van der Waals surface area contributed by atoms with Crippen LogP contribution in [0.3, 0.4) is 0 Å². The topological polar surface area (TPSA) is 58.6 Å². The van der Waals surface area contributed by atoms with Crippen molar-refractivity contribution >= 4 is 17.5 Å². The molecule has 1 saturated heterocycles. The van der Waals surface area contributed by atoms with E-state index in [1.807, 2.05) is 30.3 Å². The van der Waals surface area contributed by atoms with Crippen molar-refractivity contribution in [3.8, 4) is 0 Å². The predicted octanol–water partition coefficient (Wildman–Crippen LogP) is 1.51. The van der Waals surface area contributed by atoms with Gasteiger partial charge in [-0.1, -0.05) is 18.2 Å². The molecule has 0 spiro atoms. The van der Waals surface area contributed by atoms with Crippen LogP contribution in [0.1, 0.15) is 12.8 Å². The first-order valence-electron chi connectivity index (χ1n) is 6.83. The van der Waals surface area contributed by atoms with E-state index in [1.165, 1.54) is 7.11 Å². The Balaban J connectivity index is 1.91. The fraction of sp³-hybridized carbons (Fsp3) is 0.467. The molecule has 5 heteroatoms. The van der Waals surface area contributed by atoms with E-state index in [0.717, 1.165) is 18.5 Å². The van der Waals surface area contributed by atoms with E-state index in [4.69, 9.17) is 4.74 Å². The first kappa shape index (κ1) is 14.5. The normalized spacial score (nSPS) is 18.6. The number of hydrogen-bond acceptors (Lipinski definition) is 3. The van der Waals surface area contributed by atoms with Crippen LogP contribution < -0.4 is 5.32 Å². The smallest absolute Gasteiger partial charge is 0.248 e. The van der Waals surface area contributed by atoms with Crippen molar-refractivity contribution < 1.29 is 14.3 Å². The van der Waals surface area contributed by atoms with Gasteiger partial charge < -0.3 is 15.0 Å². The van der Waals surface area contributed by atoms with Crippen molar-refractivity contribution in [3.05, 3.63) is 30.3 Å². The second kappa shape index (κ2) is 7.05. The number of carbonyl (C=O) groups excluding carboxylic acids is 2. The molecule has 0 aromatic heterocycles. The fourth-order valence-electron chi connectivity index (χ4n) is 2.40. The summed E-state index contributed by atoms with van der Waals surface area (Å²) in [6.45, 7) is 1.26. The van der Waals surface area contributed by atoms with Gasteiger partial charge in [0.15, 0.2) is 0 Å². The number of para-hydroxylation sites is 1. The Bertz CT molecular complexity index is 461. The van der Waals surface area contributed by atoms with Gasteiger partial charge in [-0.05, 0) is 25.0 Å². The largest absolute Gasteiger partial charge is 0.375 e. The summed E-state index contributed by atoms with van der Waals surface area (Å²) in [5.74, 6) is -0.222. The molecule has 5 nitrogen and oxygen atoms in total.